The monoisotopic (exact) mass is 326 g/mol. The van der Waals surface area contributed by atoms with Gasteiger partial charge in [0.1, 0.15) is 0 Å². The third-order valence-corrected chi connectivity index (χ3v) is 4.57. The summed E-state index contributed by atoms with van der Waals surface area (Å²) in [6.07, 6.45) is 0.0197. The molecule has 2 saturated heterocycles. The molecule has 4 heteroatoms. The normalized spacial score (nSPS) is 29.8. The highest BCUT2D eigenvalue weighted by atomic mass is 16.8. The number of benzene rings is 2. The van der Waals surface area contributed by atoms with Gasteiger partial charge in [-0.1, -0.05) is 24.3 Å². The third kappa shape index (κ3) is 2.74. The van der Waals surface area contributed by atoms with Gasteiger partial charge in [0.05, 0.1) is 0 Å². The van der Waals surface area contributed by atoms with Crippen LogP contribution >= 0.6 is 0 Å². The van der Waals surface area contributed by atoms with Crippen molar-refractivity contribution in [2.75, 3.05) is 0 Å². The molecular weight excluding hydrogens is 300 g/mol. The quantitative estimate of drug-likeness (QED) is 0.732. The SMILES string of the molecule is CC(C)(C)N1O[C@@H]1c1cc2ccccc2cc1[C@H]1ON1C(C)(C)C. The summed E-state index contributed by atoms with van der Waals surface area (Å²) in [7, 11) is 0. The average Bonchev–Trinajstić information content (AvgIpc) is 3.35. The number of rotatable bonds is 2. The summed E-state index contributed by atoms with van der Waals surface area (Å²) >= 11 is 0. The maximum atomic E-state index is 5.92. The first-order valence-corrected chi connectivity index (χ1v) is 8.61. The Morgan fingerprint density at radius 2 is 1.08 bits per heavy atom. The lowest BCUT2D eigenvalue weighted by Crippen LogP contribution is -2.26. The largest absolute Gasteiger partial charge is 0.269 e. The fourth-order valence-corrected chi connectivity index (χ4v) is 3.25. The second kappa shape index (κ2) is 5.02. The molecule has 128 valence electrons. The average molecular weight is 326 g/mol. The molecule has 0 radical (unpaired) electrons. The predicted molar refractivity (Wildman–Crippen MR) is 94.8 cm³/mol. The lowest BCUT2D eigenvalue weighted by Gasteiger charge is -2.18. The van der Waals surface area contributed by atoms with E-state index < -0.39 is 0 Å². The molecule has 2 aromatic carbocycles. The molecule has 2 heterocycles. The molecule has 2 aromatic rings. The van der Waals surface area contributed by atoms with E-state index in [2.05, 4.69) is 88.1 Å². The van der Waals surface area contributed by atoms with Gasteiger partial charge in [0.25, 0.3) is 0 Å². The van der Waals surface area contributed by atoms with E-state index in [4.69, 9.17) is 9.68 Å². The van der Waals surface area contributed by atoms with Gasteiger partial charge in [-0.25, -0.2) is 0 Å². The van der Waals surface area contributed by atoms with E-state index in [0.717, 1.165) is 0 Å². The minimum absolute atomic E-state index is 0.00984. The first kappa shape index (κ1) is 16.0. The smallest absolute Gasteiger partial charge is 0.181 e. The molecule has 2 aliphatic heterocycles. The van der Waals surface area contributed by atoms with Gasteiger partial charge >= 0.3 is 0 Å². The van der Waals surface area contributed by atoms with Crippen LogP contribution in [0.2, 0.25) is 0 Å². The molecule has 0 aromatic heterocycles. The van der Waals surface area contributed by atoms with Crippen molar-refractivity contribution in [1.29, 1.82) is 0 Å². The van der Waals surface area contributed by atoms with Crippen molar-refractivity contribution in [1.82, 2.24) is 10.1 Å². The van der Waals surface area contributed by atoms with Crippen LogP contribution in [-0.4, -0.2) is 21.2 Å². The van der Waals surface area contributed by atoms with Gasteiger partial charge in [0, 0.05) is 22.2 Å². The maximum absolute atomic E-state index is 5.92. The molecule has 4 rings (SSSR count). The van der Waals surface area contributed by atoms with Gasteiger partial charge in [-0.2, -0.15) is 0 Å². The number of hydroxylamine groups is 4. The molecule has 4 atom stereocenters. The first-order valence-electron chi connectivity index (χ1n) is 8.61. The molecule has 4 nitrogen and oxygen atoms in total. The van der Waals surface area contributed by atoms with E-state index in [1.165, 1.54) is 21.9 Å². The van der Waals surface area contributed by atoms with Crippen LogP contribution in [0.25, 0.3) is 10.8 Å². The van der Waals surface area contributed by atoms with Crippen LogP contribution in [0.5, 0.6) is 0 Å². The van der Waals surface area contributed by atoms with Gasteiger partial charge in [0.2, 0.25) is 0 Å². The molecule has 2 aliphatic rings. The molecule has 0 bridgehead atoms. The predicted octanol–water partition coefficient (Wildman–Crippen LogP) is 4.93. The van der Waals surface area contributed by atoms with Crippen molar-refractivity contribution in [3.05, 3.63) is 47.5 Å². The number of hydrogen-bond donors (Lipinski definition) is 0. The number of hydrogen-bond acceptors (Lipinski definition) is 4. The third-order valence-electron chi connectivity index (χ3n) is 4.57. The molecule has 0 saturated carbocycles. The van der Waals surface area contributed by atoms with Crippen LogP contribution < -0.4 is 0 Å². The van der Waals surface area contributed by atoms with Crippen LogP contribution in [0.4, 0.5) is 0 Å². The molecular formula is C20H26N2O2. The Morgan fingerprint density at radius 1 is 0.708 bits per heavy atom. The van der Waals surface area contributed by atoms with E-state index in [-0.39, 0.29) is 23.5 Å². The van der Waals surface area contributed by atoms with Gasteiger partial charge < -0.3 is 0 Å². The van der Waals surface area contributed by atoms with Gasteiger partial charge in [-0.15, -0.1) is 10.1 Å². The van der Waals surface area contributed by atoms with Crippen molar-refractivity contribution < 1.29 is 9.68 Å². The summed E-state index contributed by atoms with van der Waals surface area (Å²) in [6.45, 7) is 13.0. The fourth-order valence-electron chi connectivity index (χ4n) is 3.25. The Balaban J connectivity index is 1.76. The Bertz CT molecular complexity index is 722. The second-order valence-corrected chi connectivity index (χ2v) is 8.74. The van der Waals surface area contributed by atoms with Crippen molar-refractivity contribution in [2.24, 2.45) is 0 Å². The van der Waals surface area contributed by atoms with E-state index >= 15 is 0 Å². The van der Waals surface area contributed by atoms with E-state index in [9.17, 15) is 0 Å². The Morgan fingerprint density at radius 3 is 1.38 bits per heavy atom. The summed E-state index contributed by atoms with van der Waals surface area (Å²) in [5.41, 5.74) is 2.39. The molecule has 0 amide bonds. The van der Waals surface area contributed by atoms with Crippen LogP contribution in [0, 0.1) is 0 Å². The molecule has 2 unspecified atom stereocenters. The maximum Gasteiger partial charge on any atom is 0.181 e. The summed E-state index contributed by atoms with van der Waals surface area (Å²) in [5, 5.41) is 6.60. The highest BCUT2D eigenvalue weighted by Crippen LogP contribution is 2.51. The number of nitrogens with zero attached hydrogens (tertiary/aromatic N) is 2. The zero-order valence-electron chi connectivity index (χ0n) is 15.3. The van der Waals surface area contributed by atoms with E-state index in [1.54, 1.807) is 0 Å². The first-order chi connectivity index (χ1) is 11.2. The molecule has 0 spiro atoms. The molecule has 0 N–H and O–H groups in total. The summed E-state index contributed by atoms with van der Waals surface area (Å²) in [6, 6.07) is 13.0. The van der Waals surface area contributed by atoms with E-state index in [1.807, 2.05) is 0 Å². The van der Waals surface area contributed by atoms with Crippen LogP contribution in [0.15, 0.2) is 36.4 Å². The highest BCUT2D eigenvalue weighted by molar-refractivity contribution is 5.84. The van der Waals surface area contributed by atoms with E-state index in [0.29, 0.717) is 0 Å². The summed E-state index contributed by atoms with van der Waals surface area (Å²) in [4.78, 5) is 11.8. The van der Waals surface area contributed by atoms with Crippen molar-refractivity contribution in [3.63, 3.8) is 0 Å². The van der Waals surface area contributed by atoms with Crippen LogP contribution in [0.3, 0.4) is 0 Å². The lowest BCUT2D eigenvalue weighted by molar-refractivity contribution is 0.101. The van der Waals surface area contributed by atoms with Gasteiger partial charge in [-0.05, 0) is 64.4 Å². The Kier molecular flexibility index (Phi) is 3.35. The van der Waals surface area contributed by atoms with Crippen LogP contribution in [0.1, 0.15) is 65.1 Å². The summed E-state index contributed by atoms with van der Waals surface area (Å²) < 4.78 is 0. The van der Waals surface area contributed by atoms with Crippen molar-refractivity contribution >= 4 is 10.8 Å². The topological polar surface area (TPSA) is 31.1 Å². The minimum atomic E-state index is -0.0122. The summed E-state index contributed by atoms with van der Waals surface area (Å²) in [5.74, 6) is 0. The highest BCUT2D eigenvalue weighted by Gasteiger charge is 2.52. The van der Waals surface area contributed by atoms with Crippen molar-refractivity contribution in [2.45, 2.75) is 65.1 Å². The number of fused-ring (bicyclic) bond motifs is 1. The molecule has 0 aliphatic carbocycles. The minimum Gasteiger partial charge on any atom is -0.269 e. The second-order valence-electron chi connectivity index (χ2n) is 8.74. The Hall–Kier alpha value is -1.46. The van der Waals surface area contributed by atoms with Crippen molar-refractivity contribution in [3.8, 4) is 0 Å². The zero-order valence-corrected chi connectivity index (χ0v) is 15.3. The lowest BCUT2D eigenvalue weighted by atomic mass is 9.98. The Labute approximate surface area is 143 Å². The fraction of sp³-hybridized carbons (Fsp3) is 0.500. The molecule has 24 heavy (non-hydrogen) atoms. The molecule has 2 fully saturated rings. The zero-order chi connectivity index (χ0) is 17.3. The van der Waals surface area contributed by atoms with Crippen LogP contribution in [-0.2, 0) is 9.68 Å². The standard InChI is InChI=1S/C20H26N2O2/c1-19(2,3)21-17(23-21)15-11-13-9-7-8-10-14(13)12-16(15)18-22(24-18)20(4,5)6/h7-12,17-18H,1-6H3/t17-,18-,21?,22?/m1/s1. The van der Waals surface area contributed by atoms with Gasteiger partial charge in [-0.3, -0.25) is 9.68 Å². The van der Waals surface area contributed by atoms with Gasteiger partial charge in [0.15, 0.2) is 12.5 Å².